The van der Waals surface area contributed by atoms with Gasteiger partial charge < -0.3 is 25.0 Å². The Bertz CT molecular complexity index is 1570. The van der Waals surface area contributed by atoms with Gasteiger partial charge in [-0.3, -0.25) is 29.2 Å². The number of esters is 1. The minimum absolute atomic E-state index is 0.0261. The molecule has 1 aromatic carbocycles. The summed E-state index contributed by atoms with van der Waals surface area (Å²) >= 11 is 0. The lowest BCUT2D eigenvalue weighted by atomic mass is 10.1. The van der Waals surface area contributed by atoms with E-state index in [4.69, 9.17) is 14.5 Å². The summed E-state index contributed by atoms with van der Waals surface area (Å²) < 4.78 is 11.2. The number of amides is 4. The minimum Gasteiger partial charge on any atom is -0.452 e. The maximum atomic E-state index is 13.4. The van der Waals surface area contributed by atoms with Gasteiger partial charge in [-0.15, -0.1) is 0 Å². The molecule has 0 radical (unpaired) electrons. The van der Waals surface area contributed by atoms with Crippen molar-refractivity contribution < 1.29 is 33.4 Å². The lowest BCUT2D eigenvalue weighted by Crippen LogP contribution is -2.61. The third-order valence-electron chi connectivity index (χ3n) is 8.27. The van der Waals surface area contributed by atoms with Crippen LogP contribution in [0.4, 0.5) is 4.79 Å². The van der Waals surface area contributed by atoms with E-state index < -0.39 is 59.6 Å². The van der Waals surface area contributed by atoms with Crippen molar-refractivity contribution in [2.75, 3.05) is 19.6 Å². The summed E-state index contributed by atoms with van der Waals surface area (Å²) in [5, 5.41) is 7.99. The molecule has 4 rings (SSSR count). The molecular weight excluding hydrogens is 628 g/mol. The van der Waals surface area contributed by atoms with E-state index in [0.29, 0.717) is 31.5 Å². The van der Waals surface area contributed by atoms with Crippen LogP contribution in [-0.4, -0.2) is 88.1 Å². The molecule has 0 saturated carbocycles. The summed E-state index contributed by atoms with van der Waals surface area (Å²) in [5.74, 6) is -2.36. The zero-order valence-corrected chi connectivity index (χ0v) is 29.6. The molecule has 1 saturated heterocycles. The van der Waals surface area contributed by atoms with Crippen molar-refractivity contribution in [1.82, 2.24) is 31.0 Å². The fourth-order valence-corrected chi connectivity index (χ4v) is 5.60. The minimum atomic E-state index is -1.16. The number of benzene rings is 1. The normalized spacial score (nSPS) is 24.6. The van der Waals surface area contributed by atoms with Crippen LogP contribution in [0.25, 0.3) is 17.0 Å². The second kappa shape index (κ2) is 16.3. The lowest BCUT2D eigenvalue weighted by Gasteiger charge is -2.35. The van der Waals surface area contributed by atoms with E-state index in [9.17, 15) is 24.0 Å². The Kier molecular flexibility index (Phi) is 12.4. The molecule has 13 heteroatoms. The third-order valence-corrected chi connectivity index (χ3v) is 8.27. The van der Waals surface area contributed by atoms with Crippen LogP contribution >= 0.6 is 0 Å². The molecule has 4 amide bonds. The van der Waals surface area contributed by atoms with Crippen molar-refractivity contribution in [3.8, 4) is 0 Å². The van der Waals surface area contributed by atoms with Crippen molar-refractivity contribution in [1.29, 1.82) is 0 Å². The summed E-state index contributed by atoms with van der Waals surface area (Å²) in [7, 11) is 0. The number of pyridine rings is 1. The summed E-state index contributed by atoms with van der Waals surface area (Å²) in [4.78, 5) is 72.2. The number of hydrogen-bond donors (Lipinski definition) is 3. The zero-order chi connectivity index (χ0) is 35.9. The van der Waals surface area contributed by atoms with Gasteiger partial charge in [-0.2, -0.15) is 0 Å². The first kappa shape index (κ1) is 37.3. The molecule has 1 aromatic heterocycles. The molecular formula is C36H50N6O7. The van der Waals surface area contributed by atoms with Gasteiger partial charge in [0.15, 0.2) is 6.10 Å². The maximum absolute atomic E-state index is 13.4. The fraction of sp³-hybridized carbons (Fsp3) is 0.556. The quantitative estimate of drug-likeness (QED) is 0.379. The topological polar surface area (TPSA) is 159 Å². The third kappa shape index (κ3) is 10.5. The van der Waals surface area contributed by atoms with Gasteiger partial charge in [0, 0.05) is 25.0 Å². The summed E-state index contributed by atoms with van der Waals surface area (Å²) in [6, 6.07) is 7.74. The average Bonchev–Trinajstić information content (AvgIpc) is 3.04. The van der Waals surface area contributed by atoms with Gasteiger partial charge in [-0.05, 0) is 77.5 Å². The molecule has 3 heterocycles. The van der Waals surface area contributed by atoms with Crippen LogP contribution in [0.5, 0.6) is 0 Å². The second-order valence-electron chi connectivity index (χ2n) is 14.0. The Balaban J connectivity index is 1.61. The van der Waals surface area contributed by atoms with E-state index in [1.165, 1.54) is 9.91 Å². The summed E-state index contributed by atoms with van der Waals surface area (Å²) in [5.41, 5.74) is 4.66. The van der Waals surface area contributed by atoms with Gasteiger partial charge >= 0.3 is 12.1 Å². The Labute approximate surface area is 288 Å². The van der Waals surface area contributed by atoms with E-state index in [0.717, 1.165) is 16.5 Å². The first-order valence-corrected chi connectivity index (χ1v) is 17.0. The SMILES string of the molecule is CC(C)[C@@H]1OC(=O)CCN(C(=O)OC(C)(C)C)CC/C=C/c2ccc3ccc(nc3c2)[C@@H](C)NC(=O)[C@@H]2CCCN(N2)C(=O)[C@H](C)NC1=O. The fourth-order valence-electron chi connectivity index (χ4n) is 5.60. The number of fused-ring (bicyclic) bond motifs is 4. The highest BCUT2D eigenvalue weighted by Crippen LogP contribution is 2.20. The van der Waals surface area contributed by atoms with Gasteiger partial charge in [-0.25, -0.2) is 10.2 Å². The largest absolute Gasteiger partial charge is 0.452 e. The highest BCUT2D eigenvalue weighted by atomic mass is 16.6. The highest BCUT2D eigenvalue weighted by Gasteiger charge is 2.34. The molecule has 1 fully saturated rings. The summed E-state index contributed by atoms with van der Waals surface area (Å²) in [6.07, 6.45) is 3.60. The van der Waals surface area contributed by atoms with Crippen molar-refractivity contribution >= 4 is 46.8 Å². The van der Waals surface area contributed by atoms with Crippen LogP contribution in [0.2, 0.25) is 0 Å². The predicted molar refractivity (Wildman–Crippen MR) is 185 cm³/mol. The number of carbonyl (C=O) groups is 5. The number of hydrogen-bond acceptors (Lipinski definition) is 9. The van der Waals surface area contributed by atoms with Crippen molar-refractivity contribution in [2.24, 2.45) is 5.92 Å². The molecule has 2 aliphatic rings. The molecule has 0 spiro atoms. The average molecular weight is 679 g/mol. The molecule has 266 valence electrons. The van der Waals surface area contributed by atoms with Gasteiger partial charge in [0.05, 0.1) is 23.7 Å². The van der Waals surface area contributed by atoms with E-state index in [1.807, 2.05) is 49.4 Å². The molecule has 0 unspecified atom stereocenters. The Morgan fingerprint density at radius 3 is 2.41 bits per heavy atom. The molecule has 4 atom stereocenters. The molecule has 2 aromatic rings. The highest BCUT2D eigenvalue weighted by molar-refractivity contribution is 5.91. The van der Waals surface area contributed by atoms with Crippen LogP contribution in [0.3, 0.4) is 0 Å². The van der Waals surface area contributed by atoms with Crippen LogP contribution in [-0.2, 0) is 28.7 Å². The molecule has 49 heavy (non-hydrogen) atoms. The van der Waals surface area contributed by atoms with Crippen molar-refractivity contribution in [3.63, 3.8) is 0 Å². The monoisotopic (exact) mass is 678 g/mol. The van der Waals surface area contributed by atoms with E-state index in [2.05, 4.69) is 16.1 Å². The molecule has 5 bridgehead atoms. The Morgan fingerprint density at radius 1 is 0.980 bits per heavy atom. The maximum Gasteiger partial charge on any atom is 0.410 e. The number of nitrogens with one attached hydrogen (secondary N) is 3. The molecule has 2 aliphatic heterocycles. The van der Waals surface area contributed by atoms with Gasteiger partial charge in [0.1, 0.15) is 17.7 Å². The van der Waals surface area contributed by atoms with E-state index in [1.54, 1.807) is 41.5 Å². The number of nitrogens with zero attached hydrogens (tertiary/aromatic N) is 3. The van der Waals surface area contributed by atoms with Gasteiger partial charge in [-0.1, -0.05) is 44.2 Å². The number of cyclic esters (lactones) is 1. The zero-order valence-electron chi connectivity index (χ0n) is 29.6. The molecule has 3 N–H and O–H groups in total. The Hall–Kier alpha value is -4.52. The summed E-state index contributed by atoms with van der Waals surface area (Å²) in [6.45, 7) is 12.9. The first-order valence-electron chi connectivity index (χ1n) is 17.0. The van der Waals surface area contributed by atoms with E-state index in [-0.39, 0.29) is 25.4 Å². The van der Waals surface area contributed by atoms with Crippen LogP contribution < -0.4 is 16.1 Å². The Morgan fingerprint density at radius 2 is 1.69 bits per heavy atom. The number of aromatic nitrogens is 1. The predicted octanol–water partition coefficient (Wildman–Crippen LogP) is 4.02. The first-order chi connectivity index (χ1) is 23.1. The van der Waals surface area contributed by atoms with Crippen molar-refractivity contribution in [3.05, 3.63) is 47.7 Å². The lowest BCUT2D eigenvalue weighted by molar-refractivity contribution is -0.159. The number of carbonyl (C=O) groups excluding carboxylic acids is 5. The number of rotatable bonds is 1. The number of ether oxygens (including phenoxy) is 2. The van der Waals surface area contributed by atoms with Crippen LogP contribution in [0.1, 0.15) is 91.4 Å². The van der Waals surface area contributed by atoms with Crippen LogP contribution in [0, 0.1) is 5.92 Å². The van der Waals surface area contributed by atoms with E-state index >= 15 is 0 Å². The number of hydrazine groups is 1. The van der Waals surface area contributed by atoms with Crippen LogP contribution in [0.15, 0.2) is 36.4 Å². The molecule has 13 nitrogen and oxygen atoms in total. The molecule has 0 aliphatic carbocycles. The van der Waals surface area contributed by atoms with Gasteiger partial charge in [0.25, 0.3) is 11.8 Å². The van der Waals surface area contributed by atoms with Gasteiger partial charge in [0.2, 0.25) is 5.91 Å². The van der Waals surface area contributed by atoms with Crippen molar-refractivity contribution in [2.45, 2.75) is 104 Å². The second-order valence-corrected chi connectivity index (χ2v) is 14.0. The standard InChI is InChI=1S/C36H50N6O7/c1-22(2)31-33(45)38-24(4)34(46)42-19-10-12-28(40-42)32(44)37-23(3)27-16-15-26-14-13-25(21-29(26)39-27)11-8-9-18-41(20-17-30(43)48-31)35(47)49-36(5,6)7/h8,11,13-16,21-24,28,31,40H,9-10,12,17-20H2,1-7H3,(H,37,44)(H,38,45)/b11-8+/t23-,24+,28+,31+/m1/s1. The smallest absolute Gasteiger partial charge is 0.410 e.